The third-order valence-electron chi connectivity index (χ3n) is 10.2. The molecule has 0 aromatic rings. The van der Waals surface area contributed by atoms with Crippen molar-refractivity contribution in [1.29, 1.82) is 0 Å². The first kappa shape index (κ1) is 46.4. The number of rotatable bonds is 31. The molecular weight excluding hydrogens is 592 g/mol. The molecule has 4 atom stereocenters. The molecule has 0 saturated carbocycles. The van der Waals surface area contributed by atoms with Gasteiger partial charge in [0.25, 0.3) is 0 Å². The van der Waals surface area contributed by atoms with Crippen LogP contribution in [0.2, 0.25) is 0 Å². The first-order chi connectivity index (χ1) is 22.8. The van der Waals surface area contributed by atoms with Crippen LogP contribution in [0.15, 0.2) is 23.3 Å². The lowest BCUT2D eigenvalue weighted by molar-refractivity contribution is -0.149. The fraction of sp³-hybridized carbons (Fsp3) is 0.864. The van der Waals surface area contributed by atoms with Crippen LogP contribution in [0.4, 0.5) is 0 Å². The Morgan fingerprint density at radius 1 is 0.417 bits per heavy atom. The Kier molecular flexibility index (Phi) is 29.3. The quantitative estimate of drug-likeness (QED) is 0.0542. The fourth-order valence-electron chi connectivity index (χ4n) is 6.52. The third kappa shape index (κ3) is 31.7. The van der Waals surface area contributed by atoms with Gasteiger partial charge in [0.05, 0.1) is 12.8 Å². The summed E-state index contributed by atoms with van der Waals surface area (Å²) in [6, 6.07) is 0. The minimum Gasteiger partial charge on any atom is -0.461 e. The van der Waals surface area contributed by atoms with Crippen molar-refractivity contribution in [1.82, 2.24) is 0 Å². The van der Waals surface area contributed by atoms with E-state index in [0.29, 0.717) is 0 Å². The van der Waals surface area contributed by atoms with Gasteiger partial charge in [0, 0.05) is 0 Å². The van der Waals surface area contributed by atoms with E-state index in [1.54, 1.807) is 0 Å². The van der Waals surface area contributed by atoms with Crippen molar-refractivity contribution in [3.8, 4) is 0 Å². The molecule has 0 aromatic carbocycles. The molecule has 282 valence electrons. The van der Waals surface area contributed by atoms with E-state index in [4.69, 9.17) is 9.47 Å². The zero-order chi connectivity index (χ0) is 36.2. The summed E-state index contributed by atoms with van der Waals surface area (Å²) in [5.41, 5.74) is 2.53. The largest absolute Gasteiger partial charge is 0.461 e. The van der Waals surface area contributed by atoms with Crippen molar-refractivity contribution in [3.05, 3.63) is 23.3 Å². The second-order valence-corrected chi connectivity index (χ2v) is 16.7. The fourth-order valence-corrected chi connectivity index (χ4v) is 6.52. The second kappa shape index (κ2) is 30.3. The molecule has 0 aliphatic rings. The van der Waals surface area contributed by atoms with Crippen LogP contribution in [0.5, 0.6) is 0 Å². The highest BCUT2D eigenvalue weighted by molar-refractivity contribution is 5.77. The van der Waals surface area contributed by atoms with Gasteiger partial charge in [0.15, 0.2) is 0 Å². The molecule has 0 fully saturated rings. The first-order valence-corrected chi connectivity index (χ1v) is 20.4. The van der Waals surface area contributed by atoms with Crippen LogP contribution in [-0.2, 0) is 19.1 Å². The maximum absolute atomic E-state index is 12.1. The number of allylic oxidation sites excluding steroid dienone is 2. The predicted molar refractivity (Wildman–Crippen MR) is 208 cm³/mol. The number of hydrogen-bond acceptors (Lipinski definition) is 4. The SMILES string of the molecule is CC(=CCOC(=O)CCC(=O)OCC=C(C)CCC[C@H](C)CCC[C@H](C)CCCC(C)C)CCC[C@H](C)CCC[C@H](C)CCCC(C)C. The summed E-state index contributed by atoms with van der Waals surface area (Å²) in [5, 5.41) is 0. The summed E-state index contributed by atoms with van der Waals surface area (Å²) in [6.45, 7) is 23.7. The van der Waals surface area contributed by atoms with Crippen LogP contribution >= 0.6 is 0 Å². The van der Waals surface area contributed by atoms with Crippen LogP contribution in [-0.4, -0.2) is 25.2 Å². The third-order valence-corrected chi connectivity index (χ3v) is 10.2. The molecule has 0 bridgehead atoms. The van der Waals surface area contributed by atoms with Crippen molar-refractivity contribution in [2.24, 2.45) is 35.5 Å². The summed E-state index contributed by atoms with van der Waals surface area (Å²) in [6.07, 6.45) is 27.4. The molecule has 0 aromatic heterocycles. The molecule has 0 rings (SSSR count). The van der Waals surface area contributed by atoms with Gasteiger partial charge < -0.3 is 9.47 Å². The first-order valence-electron chi connectivity index (χ1n) is 20.4. The van der Waals surface area contributed by atoms with E-state index in [2.05, 4.69) is 69.2 Å². The molecule has 4 heteroatoms. The number of esters is 2. The maximum Gasteiger partial charge on any atom is 0.306 e. The lowest BCUT2D eigenvalue weighted by Crippen LogP contribution is -2.10. The average molecular weight is 675 g/mol. The minimum absolute atomic E-state index is 0.0664. The van der Waals surface area contributed by atoms with Gasteiger partial charge in [0.1, 0.15) is 13.2 Å². The molecule has 0 unspecified atom stereocenters. The predicted octanol–water partition coefficient (Wildman–Crippen LogP) is 13.6. The number of carbonyl (C=O) groups excluding carboxylic acids is 2. The topological polar surface area (TPSA) is 52.6 Å². The van der Waals surface area contributed by atoms with Gasteiger partial charge in [-0.2, -0.15) is 0 Å². The Bertz CT molecular complexity index is 784. The minimum atomic E-state index is -0.343. The lowest BCUT2D eigenvalue weighted by atomic mass is 9.91. The van der Waals surface area contributed by atoms with Crippen LogP contribution in [0, 0.1) is 35.5 Å². The highest BCUT2D eigenvalue weighted by atomic mass is 16.5. The summed E-state index contributed by atoms with van der Waals surface area (Å²) in [7, 11) is 0. The maximum atomic E-state index is 12.1. The highest BCUT2D eigenvalue weighted by Crippen LogP contribution is 2.23. The lowest BCUT2D eigenvalue weighted by Gasteiger charge is -2.15. The Hall–Kier alpha value is -1.58. The summed E-state index contributed by atoms with van der Waals surface area (Å²) in [5.74, 6) is 4.21. The average Bonchev–Trinajstić information content (AvgIpc) is 2.99. The van der Waals surface area contributed by atoms with E-state index in [-0.39, 0.29) is 38.0 Å². The van der Waals surface area contributed by atoms with Gasteiger partial charge in [-0.1, -0.05) is 156 Å². The van der Waals surface area contributed by atoms with Crippen molar-refractivity contribution in [2.75, 3.05) is 13.2 Å². The van der Waals surface area contributed by atoms with Gasteiger partial charge in [-0.15, -0.1) is 0 Å². The zero-order valence-corrected chi connectivity index (χ0v) is 33.8. The molecule has 0 radical (unpaired) electrons. The van der Waals surface area contributed by atoms with E-state index in [0.717, 1.165) is 48.3 Å². The Morgan fingerprint density at radius 3 is 0.979 bits per heavy atom. The van der Waals surface area contributed by atoms with Crippen LogP contribution < -0.4 is 0 Å². The normalized spacial score (nSPS) is 15.1. The molecule has 48 heavy (non-hydrogen) atoms. The zero-order valence-electron chi connectivity index (χ0n) is 33.8. The van der Waals surface area contributed by atoms with E-state index < -0.39 is 0 Å². The Labute approximate surface area is 300 Å². The van der Waals surface area contributed by atoms with Gasteiger partial charge in [-0.05, 0) is 87.2 Å². The van der Waals surface area contributed by atoms with Crippen molar-refractivity contribution in [3.63, 3.8) is 0 Å². The van der Waals surface area contributed by atoms with Crippen molar-refractivity contribution >= 4 is 11.9 Å². The van der Waals surface area contributed by atoms with Gasteiger partial charge >= 0.3 is 11.9 Å². The van der Waals surface area contributed by atoms with Gasteiger partial charge in [0.2, 0.25) is 0 Å². The molecule has 0 saturated heterocycles. The smallest absolute Gasteiger partial charge is 0.306 e. The second-order valence-electron chi connectivity index (χ2n) is 16.7. The summed E-state index contributed by atoms with van der Waals surface area (Å²) < 4.78 is 10.7. The molecule has 0 heterocycles. The number of carbonyl (C=O) groups is 2. The Morgan fingerprint density at radius 2 is 0.688 bits per heavy atom. The summed E-state index contributed by atoms with van der Waals surface area (Å²) >= 11 is 0. The molecule has 0 spiro atoms. The molecule has 0 amide bonds. The van der Waals surface area contributed by atoms with E-state index in [9.17, 15) is 9.59 Å². The van der Waals surface area contributed by atoms with E-state index >= 15 is 0 Å². The van der Waals surface area contributed by atoms with Crippen LogP contribution in [0.1, 0.15) is 198 Å². The van der Waals surface area contributed by atoms with Crippen molar-refractivity contribution in [2.45, 2.75) is 198 Å². The van der Waals surface area contributed by atoms with Crippen LogP contribution in [0.3, 0.4) is 0 Å². The molecule has 0 N–H and O–H groups in total. The molecule has 0 aliphatic carbocycles. The molecular formula is C44H82O4. The van der Waals surface area contributed by atoms with Gasteiger partial charge in [-0.3, -0.25) is 9.59 Å². The Balaban J connectivity index is 3.89. The van der Waals surface area contributed by atoms with Gasteiger partial charge in [-0.25, -0.2) is 0 Å². The standard InChI is InChI=1S/C44H82O4/c1-35(2)17-11-19-37(5)21-13-23-39(7)25-15-27-41(9)31-33-47-43(45)29-30-44(46)48-34-32-42(10)28-16-26-40(8)24-14-22-38(6)20-12-18-36(3)4/h31-32,35-40H,11-30,33-34H2,1-10H3/t37-,38-,39-,40-/m1/s1. The summed E-state index contributed by atoms with van der Waals surface area (Å²) in [4.78, 5) is 24.2. The van der Waals surface area contributed by atoms with E-state index in [1.165, 1.54) is 114 Å². The highest BCUT2D eigenvalue weighted by Gasteiger charge is 2.10. The van der Waals surface area contributed by atoms with Crippen molar-refractivity contribution < 1.29 is 19.1 Å². The monoisotopic (exact) mass is 675 g/mol. The number of ether oxygens (including phenoxy) is 2. The molecule has 0 aliphatic heterocycles. The van der Waals surface area contributed by atoms with E-state index in [1.807, 2.05) is 12.2 Å². The molecule has 4 nitrogen and oxygen atoms in total. The number of hydrogen-bond donors (Lipinski definition) is 0. The van der Waals surface area contributed by atoms with Crippen LogP contribution in [0.25, 0.3) is 0 Å².